The highest BCUT2D eigenvalue weighted by Crippen LogP contribution is 2.39. The van der Waals surface area contributed by atoms with Crippen molar-refractivity contribution in [2.75, 3.05) is 36.5 Å². The first-order valence-electron chi connectivity index (χ1n) is 12.9. The first-order valence-corrected chi connectivity index (χ1v) is 13.7. The molecular formula is C28H29N5O4S. The van der Waals surface area contributed by atoms with Gasteiger partial charge in [-0.3, -0.25) is 9.89 Å². The van der Waals surface area contributed by atoms with Crippen LogP contribution in [-0.4, -0.2) is 48.5 Å². The summed E-state index contributed by atoms with van der Waals surface area (Å²) in [6.45, 7) is 3.09. The van der Waals surface area contributed by atoms with Crippen LogP contribution in [0.1, 0.15) is 41.6 Å². The van der Waals surface area contributed by atoms with Crippen molar-refractivity contribution < 1.29 is 19.1 Å². The Bertz CT molecular complexity index is 1420. The molecule has 10 heteroatoms. The van der Waals surface area contributed by atoms with Gasteiger partial charge in [-0.2, -0.15) is 5.10 Å². The van der Waals surface area contributed by atoms with Gasteiger partial charge < -0.3 is 25.0 Å². The number of aromatic nitrogens is 2. The number of amides is 2. The number of hydrogen-bond acceptors (Lipinski definition) is 7. The molecule has 1 saturated carbocycles. The number of nitrogens with zero attached hydrogens (tertiary/aromatic N) is 2. The van der Waals surface area contributed by atoms with Gasteiger partial charge >= 0.3 is 6.09 Å². The van der Waals surface area contributed by atoms with Crippen molar-refractivity contribution in [1.82, 2.24) is 15.5 Å². The second-order valence-corrected chi connectivity index (χ2v) is 10.6. The van der Waals surface area contributed by atoms with Gasteiger partial charge in [0, 0.05) is 30.4 Å². The van der Waals surface area contributed by atoms with Crippen LogP contribution in [-0.2, 0) is 10.3 Å². The fourth-order valence-corrected chi connectivity index (χ4v) is 6.15. The Morgan fingerprint density at radius 2 is 1.76 bits per heavy atom. The molecule has 3 heterocycles. The molecule has 2 aliphatic rings. The fourth-order valence-electron chi connectivity index (χ4n) is 5.30. The van der Waals surface area contributed by atoms with E-state index in [-0.39, 0.29) is 5.91 Å². The van der Waals surface area contributed by atoms with Crippen LogP contribution in [0.5, 0.6) is 5.06 Å². The molecular weight excluding hydrogens is 502 g/mol. The molecule has 2 aromatic carbocycles. The van der Waals surface area contributed by atoms with Gasteiger partial charge in [-0.05, 0) is 42.7 Å². The Kier molecular flexibility index (Phi) is 6.73. The van der Waals surface area contributed by atoms with Gasteiger partial charge in [-0.25, -0.2) is 4.79 Å². The quantitative estimate of drug-likeness (QED) is 0.313. The van der Waals surface area contributed by atoms with E-state index < -0.39 is 11.6 Å². The number of carbonyl (C=O) groups is 2. The van der Waals surface area contributed by atoms with Gasteiger partial charge in [0.05, 0.1) is 24.1 Å². The smallest absolute Gasteiger partial charge is 0.399 e. The van der Waals surface area contributed by atoms with Crippen molar-refractivity contribution in [3.63, 3.8) is 0 Å². The van der Waals surface area contributed by atoms with Gasteiger partial charge in [0.1, 0.15) is 5.82 Å². The topological polar surface area (TPSA) is 109 Å². The molecule has 38 heavy (non-hydrogen) atoms. The second kappa shape index (κ2) is 10.5. The highest BCUT2D eigenvalue weighted by Gasteiger charge is 2.37. The van der Waals surface area contributed by atoms with E-state index in [1.165, 1.54) is 11.3 Å². The molecule has 1 aliphatic heterocycles. The molecule has 1 aliphatic carbocycles. The molecule has 2 amide bonds. The summed E-state index contributed by atoms with van der Waals surface area (Å²) < 4.78 is 11.1. The summed E-state index contributed by atoms with van der Waals surface area (Å²) in [4.78, 5) is 28.7. The molecule has 3 N–H and O–H groups in total. The molecule has 0 spiro atoms. The van der Waals surface area contributed by atoms with Gasteiger partial charge in [0.2, 0.25) is 0 Å². The zero-order valence-corrected chi connectivity index (χ0v) is 21.7. The first-order chi connectivity index (χ1) is 18.6. The van der Waals surface area contributed by atoms with E-state index in [4.69, 9.17) is 9.47 Å². The molecule has 4 aromatic rings. The third kappa shape index (κ3) is 4.97. The Balaban J connectivity index is 1.12. The van der Waals surface area contributed by atoms with Gasteiger partial charge in [-0.15, -0.1) is 0 Å². The molecule has 6 rings (SSSR count). The average Bonchev–Trinajstić information content (AvgIpc) is 3.68. The minimum absolute atomic E-state index is 0.249. The zero-order chi connectivity index (χ0) is 26.0. The third-order valence-corrected chi connectivity index (χ3v) is 8.20. The number of fused-ring (bicyclic) bond motifs is 1. The van der Waals surface area contributed by atoms with E-state index in [9.17, 15) is 9.59 Å². The van der Waals surface area contributed by atoms with E-state index in [2.05, 4.69) is 37.9 Å². The molecule has 9 nitrogen and oxygen atoms in total. The Labute approximate surface area is 224 Å². The molecule has 1 saturated heterocycles. The van der Waals surface area contributed by atoms with Crippen molar-refractivity contribution in [2.24, 2.45) is 0 Å². The maximum atomic E-state index is 12.9. The van der Waals surface area contributed by atoms with Gasteiger partial charge in [0.15, 0.2) is 9.89 Å². The lowest BCUT2D eigenvalue weighted by molar-refractivity contribution is 0.102. The summed E-state index contributed by atoms with van der Waals surface area (Å²) >= 11 is 1.25. The predicted octanol–water partition coefficient (Wildman–Crippen LogP) is 5.27. The van der Waals surface area contributed by atoms with E-state index in [1.54, 1.807) is 6.07 Å². The minimum Gasteiger partial charge on any atom is -0.399 e. The van der Waals surface area contributed by atoms with Crippen LogP contribution in [0, 0.1) is 0 Å². The summed E-state index contributed by atoms with van der Waals surface area (Å²) in [5.74, 6) is 0.215. The van der Waals surface area contributed by atoms with Crippen LogP contribution in [0.2, 0.25) is 0 Å². The number of thiophene rings is 1. The first kappa shape index (κ1) is 24.4. The van der Waals surface area contributed by atoms with Crippen LogP contribution < -0.4 is 20.3 Å². The summed E-state index contributed by atoms with van der Waals surface area (Å²) in [7, 11) is 0. The number of nitrogens with one attached hydrogen (secondary N) is 3. The van der Waals surface area contributed by atoms with Crippen LogP contribution in [0.4, 0.5) is 16.3 Å². The largest absolute Gasteiger partial charge is 0.414 e. The minimum atomic E-state index is -0.491. The standard InChI is InChI=1S/C28H29N5O4S/c34-25(19-8-10-21(11-9-19)33-14-16-36-17-15-33)29-24-22-18-23(38-26(22)32-31-24)37-27(35)30-28(12-4-5-13-28)20-6-2-1-3-7-20/h1-3,6-11,18H,4-5,12-17H2,(H,30,35)(H2,29,31,32,34). The van der Waals surface area contributed by atoms with Crippen LogP contribution in [0.15, 0.2) is 60.7 Å². The maximum absolute atomic E-state index is 12.9. The SMILES string of the molecule is O=C(NC1(c2ccccc2)CCCC1)Oc1cc2c(NC(=O)c3ccc(N4CCOCC4)cc3)[nH]nc2s1. The zero-order valence-electron chi connectivity index (χ0n) is 20.9. The number of hydrogen-bond donors (Lipinski definition) is 3. The summed E-state index contributed by atoms with van der Waals surface area (Å²) in [5.41, 5.74) is 2.29. The molecule has 2 fully saturated rings. The Morgan fingerprint density at radius 3 is 2.50 bits per heavy atom. The van der Waals surface area contributed by atoms with E-state index in [0.717, 1.165) is 50.0 Å². The molecule has 0 atom stereocenters. The Morgan fingerprint density at radius 1 is 1.03 bits per heavy atom. The Hall–Kier alpha value is -3.89. The number of H-pyrrole nitrogens is 1. The maximum Gasteiger partial charge on any atom is 0.414 e. The average molecular weight is 532 g/mol. The highest BCUT2D eigenvalue weighted by molar-refractivity contribution is 7.20. The molecule has 0 unspecified atom stereocenters. The van der Waals surface area contributed by atoms with E-state index >= 15 is 0 Å². The van der Waals surface area contributed by atoms with Crippen molar-refractivity contribution >= 4 is 45.1 Å². The van der Waals surface area contributed by atoms with Crippen LogP contribution in [0.3, 0.4) is 0 Å². The van der Waals surface area contributed by atoms with Crippen molar-refractivity contribution in [3.8, 4) is 5.06 Å². The number of morpholine rings is 1. The normalized spacial score (nSPS) is 16.9. The fraction of sp³-hybridized carbons (Fsp3) is 0.321. The second-order valence-electron chi connectivity index (χ2n) is 9.65. The molecule has 196 valence electrons. The van der Waals surface area contributed by atoms with Crippen molar-refractivity contribution in [2.45, 2.75) is 31.2 Å². The highest BCUT2D eigenvalue weighted by atomic mass is 32.1. The van der Waals surface area contributed by atoms with E-state index in [0.29, 0.717) is 39.9 Å². The van der Waals surface area contributed by atoms with Crippen molar-refractivity contribution in [3.05, 3.63) is 71.8 Å². The van der Waals surface area contributed by atoms with Gasteiger partial charge in [-0.1, -0.05) is 54.5 Å². The van der Waals surface area contributed by atoms with Crippen molar-refractivity contribution in [1.29, 1.82) is 0 Å². The number of rotatable bonds is 6. The lowest BCUT2D eigenvalue weighted by Crippen LogP contribution is -2.45. The molecule has 0 bridgehead atoms. The molecule has 0 radical (unpaired) electrons. The lowest BCUT2D eigenvalue weighted by atomic mass is 9.88. The monoisotopic (exact) mass is 531 g/mol. The summed E-state index contributed by atoms with van der Waals surface area (Å²) in [6.07, 6.45) is 3.38. The number of anilines is 2. The predicted molar refractivity (Wildman–Crippen MR) is 147 cm³/mol. The number of aromatic amines is 1. The van der Waals surface area contributed by atoms with Crippen LogP contribution in [0.25, 0.3) is 10.2 Å². The molecule has 2 aromatic heterocycles. The summed E-state index contributed by atoms with van der Waals surface area (Å²) in [5, 5.41) is 14.3. The van der Waals surface area contributed by atoms with E-state index in [1.807, 2.05) is 42.5 Å². The number of carbonyl (C=O) groups excluding carboxylic acids is 2. The van der Waals surface area contributed by atoms with Gasteiger partial charge in [0.25, 0.3) is 5.91 Å². The lowest BCUT2D eigenvalue weighted by Gasteiger charge is -2.30. The number of benzene rings is 2. The number of ether oxygens (including phenoxy) is 2. The van der Waals surface area contributed by atoms with Crippen LogP contribution >= 0.6 is 11.3 Å². The third-order valence-electron chi connectivity index (χ3n) is 7.29. The summed E-state index contributed by atoms with van der Waals surface area (Å²) in [6, 6.07) is 19.3.